The Labute approximate surface area is 98.1 Å². The lowest BCUT2D eigenvalue weighted by atomic mass is 10.4. The highest BCUT2D eigenvalue weighted by atomic mass is 127. The molecule has 1 aromatic rings. The van der Waals surface area contributed by atoms with Crippen LogP contribution in [0.2, 0.25) is 0 Å². The van der Waals surface area contributed by atoms with Crippen molar-refractivity contribution in [3.8, 4) is 0 Å². The zero-order valence-electron chi connectivity index (χ0n) is 5.79. The van der Waals surface area contributed by atoms with E-state index >= 15 is 0 Å². The molecule has 0 atom stereocenters. The molecule has 1 rings (SSSR count). The Morgan fingerprint density at radius 1 is 1.25 bits per heavy atom. The van der Waals surface area contributed by atoms with E-state index in [1.165, 1.54) is 6.07 Å². The van der Waals surface area contributed by atoms with Gasteiger partial charge in [0.2, 0.25) is 10.0 Å². The van der Waals surface area contributed by atoms with Crippen LogP contribution in [0.5, 0.6) is 0 Å². The number of hydrogen-bond donors (Lipinski definition) is 1. The molecule has 0 unspecified atom stereocenters. The predicted octanol–water partition coefficient (Wildman–Crippen LogP) is 1.54. The van der Waals surface area contributed by atoms with E-state index in [0.717, 1.165) is 3.57 Å². The van der Waals surface area contributed by atoms with Crippen LogP contribution in [0.3, 0.4) is 0 Å². The van der Waals surface area contributed by atoms with Crippen LogP contribution in [0.1, 0.15) is 0 Å². The summed E-state index contributed by atoms with van der Waals surface area (Å²) in [5.74, 6) is 0. The Balaban J connectivity index is 3.47. The summed E-state index contributed by atoms with van der Waals surface area (Å²) in [5.41, 5.74) is 0. The number of benzene rings is 1. The van der Waals surface area contributed by atoms with E-state index in [1.807, 2.05) is 28.7 Å². The van der Waals surface area contributed by atoms with Crippen LogP contribution in [0, 0.1) is 7.14 Å². The van der Waals surface area contributed by atoms with Crippen molar-refractivity contribution < 1.29 is 8.42 Å². The van der Waals surface area contributed by atoms with Gasteiger partial charge in [-0.05, 0) is 57.3 Å². The molecule has 0 aliphatic carbocycles. The first-order chi connectivity index (χ1) is 5.43. The number of halogens is 2. The van der Waals surface area contributed by atoms with Gasteiger partial charge in [-0.2, -0.15) is 0 Å². The second-order valence-corrected chi connectivity index (χ2v) is 5.87. The first kappa shape index (κ1) is 10.7. The zero-order valence-corrected chi connectivity index (χ0v) is 10.9. The number of nitrogens with two attached hydrogens (primary N) is 1. The summed E-state index contributed by atoms with van der Waals surface area (Å²) >= 11 is 4.03. The van der Waals surface area contributed by atoms with Crippen molar-refractivity contribution in [2.75, 3.05) is 0 Å². The molecule has 0 saturated heterocycles. The minimum Gasteiger partial charge on any atom is -0.225 e. The third kappa shape index (κ3) is 2.30. The molecule has 3 nitrogen and oxygen atoms in total. The maximum atomic E-state index is 11.0. The average molecular weight is 409 g/mol. The minimum absolute atomic E-state index is 0.190. The normalized spacial score (nSPS) is 11.6. The third-order valence-corrected chi connectivity index (χ3v) is 5.64. The fourth-order valence-electron chi connectivity index (χ4n) is 0.704. The van der Waals surface area contributed by atoms with Crippen molar-refractivity contribution in [2.24, 2.45) is 5.14 Å². The van der Waals surface area contributed by atoms with E-state index in [0.29, 0.717) is 3.57 Å². The largest absolute Gasteiger partial charge is 0.239 e. The molecule has 12 heavy (non-hydrogen) atoms. The van der Waals surface area contributed by atoms with Crippen LogP contribution >= 0.6 is 45.2 Å². The van der Waals surface area contributed by atoms with Gasteiger partial charge in [0.25, 0.3) is 0 Å². The molecule has 2 N–H and O–H groups in total. The fourth-order valence-corrected chi connectivity index (χ4v) is 3.29. The van der Waals surface area contributed by atoms with Crippen LogP contribution in [0.25, 0.3) is 0 Å². The van der Waals surface area contributed by atoms with E-state index in [1.54, 1.807) is 6.07 Å². The van der Waals surface area contributed by atoms with Crippen LogP contribution in [0.4, 0.5) is 0 Å². The Morgan fingerprint density at radius 2 is 1.83 bits per heavy atom. The topological polar surface area (TPSA) is 60.2 Å². The van der Waals surface area contributed by atoms with Crippen molar-refractivity contribution in [1.82, 2.24) is 0 Å². The van der Waals surface area contributed by atoms with Gasteiger partial charge < -0.3 is 0 Å². The molecule has 6 heteroatoms. The second-order valence-electron chi connectivity index (χ2n) is 2.10. The van der Waals surface area contributed by atoms with Crippen LogP contribution < -0.4 is 5.14 Å². The zero-order chi connectivity index (χ0) is 9.35. The number of hydrogen-bond acceptors (Lipinski definition) is 2. The smallest absolute Gasteiger partial charge is 0.225 e. The monoisotopic (exact) mass is 409 g/mol. The van der Waals surface area contributed by atoms with Gasteiger partial charge in [-0.25, -0.2) is 13.6 Å². The molecule has 0 saturated carbocycles. The molecule has 0 heterocycles. The minimum atomic E-state index is -3.57. The SMILES string of the molecule is NS(=O)(=O)c1cccc(I)c1I. The maximum absolute atomic E-state index is 11.0. The summed E-state index contributed by atoms with van der Waals surface area (Å²) in [5, 5.41) is 4.99. The Kier molecular flexibility index (Phi) is 3.34. The van der Waals surface area contributed by atoms with Gasteiger partial charge in [-0.15, -0.1) is 0 Å². The van der Waals surface area contributed by atoms with Crippen LogP contribution in [-0.2, 0) is 10.0 Å². The van der Waals surface area contributed by atoms with E-state index in [-0.39, 0.29) is 4.90 Å². The fraction of sp³-hybridized carbons (Fsp3) is 0. The Hall–Kier alpha value is 0.590. The van der Waals surface area contributed by atoms with E-state index in [4.69, 9.17) is 5.14 Å². The molecule has 0 spiro atoms. The molecule has 66 valence electrons. The van der Waals surface area contributed by atoms with Crippen molar-refractivity contribution in [2.45, 2.75) is 4.90 Å². The lowest BCUT2D eigenvalue weighted by molar-refractivity contribution is 0.597. The molecule has 0 amide bonds. The van der Waals surface area contributed by atoms with E-state index < -0.39 is 10.0 Å². The summed E-state index contributed by atoms with van der Waals surface area (Å²) in [6.45, 7) is 0. The van der Waals surface area contributed by atoms with Gasteiger partial charge in [-0.3, -0.25) is 0 Å². The highest BCUT2D eigenvalue weighted by Gasteiger charge is 2.13. The van der Waals surface area contributed by atoms with Gasteiger partial charge in [0.05, 0.1) is 4.90 Å². The van der Waals surface area contributed by atoms with E-state index in [9.17, 15) is 8.42 Å². The standard InChI is InChI=1S/C6H5I2NO2S/c7-4-2-1-3-5(6(4)8)12(9,10)11/h1-3H,(H2,9,10,11). The second kappa shape index (κ2) is 3.76. The summed E-state index contributed by atoms with van der Waals surface area (Å²) in [6, 6.07) is 5.00. The highest BCUT2D eigenvalue weighted by molar-refractivity contribution is 14.1. The van der Waals surface area contributed by atoms with Gasteiger partial charge >= 0.3 is 0 Å². The Morgan fingerprint density at radius 3 is 2.25 bits per heavy atom. The van der Waals surface area contributed by atoms with Gasteiger partial charge in [-0.1, -0.05) is 6.07 Å². The summed E-state index contributed by atoms with van der Waals surface area (Å²) in [6.07, 6.45) is 0. The van der Waals surface area contributed by atoms with Crippen molar-refractivity contribution in [3.05, 3.63) is 25.3 Å². The van der Waals surface area contributed by atoms with Crippen LogP contribution in [0.15, 0.2) is 23.1 Å². The van der Waals surface area contributed by atoms with Crippen molar-refractivity contribution in [1.29, 1.82) is 0 Å². The third-order valence-electron chi connectivity index (χ3n) is 1.22. The van der Waals surface area contributed by atoms with Gasteiger partial charge in [0, 0.05) is 7.14 Å². The number of rotatable bonds is 1. The molecule has 0 bridgehead atoms. The van der Waals surface area contributed by atoms with Gasteiger partial charge in [0.1, 0.15) is 0 Å². The van der Waals surface area contributed by atoms with Gasteiger partial charge in [0.15, 0.2) is 0 Å². The van der Waals surface area contributed by atoms with Crippen molar-refractivity contribution >= 4 is 55.2 Å². The highest BCUT2D eigenvalue weighted by Crippen LogP contribution is 2.21. The quantitative estimate of drug-likeness (QED) is 0.716. The average Bonchev–Trinajstić information content (AvgIpc) is 1.92. The Bertz CT molecular complexity index is 402. The summed E-state index contributed by atoms with van der Waals surface area (Å²) < 4.78 is 23.5. The molecular formula is C6H5I2NO2S. The van der Waals surface area contributed by atoms with E-state index in [2.05, 4.69) is 22.6 Å². The summed E-state index contributed by atoms with van der Waals surface area (Å²) in [4.78, 5) is 0.190. The molecule has 0 radical (unpaired) electrons. The molecule has 0 aromatic heterocycles. The molecule has 0 fully saturated rings. The molecule has 0 aliphatic heterocycles. The molecule has 0 aliphatic rings. The summed E-state index contributed by atoms with van der Waals surface area (Å²) in [7, 11) is -3.57. The van der Waals surface area contributed by atoms with Crippen LogP contribution in [-0.4, -0.2) is 8.42 Å². The number of primary sulfonamides is 1. The lowest BCUT2D eigenvalue weighted by Gasteiger charge is -2.02. The predicted molar refractivity (Wildman–Crippen MR) is 63.2 cm³/mol. The van der Waals surface area contributed by atoms with Crippen molar-refractivity contribution in [3.63, 3.8) is 0 Å². The number of sulfonamides is 1. The maximum Gasteiger partial charge on any atom is 0.239 e. The first-order valence-electron chi connectivity index (χ1n) is 2.90. The first-order valence-corrected chi connectivity index (χ1v) is 6.60. The lowest BCUT2D eigenvalue weighted by Crippen LogP contribution is -2.14. The molecular weight excluding hydrogens is 404 g/mol. The molecule has 1 aromatic carbocycles.